The van der Waals surface area contributed by atoms with Crippen molar-refractivity contribution in [2.45, 2.75) is 0 Å². The average molecular weight is 82.5 g/mol. The van der Waals surface area contributed by atoms with E-state index in [2.05, 4.69) is 17.6 Å². The topological polar surface area (TPSA) is 49.5 Å². The van der Waals surface area contributed by atoms with Crippen molar-refractivity contribution in [2.24, 2.45) is 5.84 Å². The van der Waals surface area contributed by atoms with Gasteiger partial charge in [0, 0.05) is 11.8 Å². The summed E-state index contributed by atoms with van der Waals surface area (Å²) in [6.07, 6.45) is 0. The average Bonchev–Trinajstić information content (AvgIpc) is 0.811. The summed E-state index contributed by atoms with van der Waals surface area (Å²) in [5.74, 6) is 4.27. The minimum Gasteiger partial charge on any atom is -0.285 e. The Hall–Kier alpha value is 0.170. The molecule has 26 valence electrons. The van der Waals surface area contributed by atoms with Crippen LogP contribution in [0.5, 0.6) is 0 Å². The zero-order valence-electron chi connectivity index (χ0n) is 1.85. The number of nitrogens with two attached hydrogens (primary N) is 1. The third kappa shape index (κ3) is 103. The second-order valence-electron chi connectivity index (χ2n) is 0.289. The summed E-state index contributed by atoms with van der Waals surface area (Å²) in [4.78, 5) is 0. The third-order valence-corrected chi connectivity index (χ3v) is 0. The fraction of sp³-hybridized carbons (Fsp3) is 0. The highest BCUT2D eigenvalue weighted by atomic mass is 35.5. The summed E-state index contributed by atoms with van der Waals surface area (Å²) in [5, 5.41) is 7.43. The number of hydrazine groups is 1. The Morgan fingerprint density at radius 3 is 2.00 bits per heavy atom. The molecule has 0 aromatic heterocycles. The molecule has 0 saturated heterocycles. The molecule has 0 saturated carbocycles. The lowest BCUT2D eigenvalue weighted by molar-refractivity contribution is 0.00511. The fourth-order valence-corrected chi connectivity index (χ4v) is 0. The molecule has 0 atom stereocenters. The lowest BCUT2D eigenvalue weighted by Gasteiger charge is -1.84. The first-order valence-electron chi connectivity index (χ1n) is 0.627. The molecule has 0 aliphatic heterocycles. The molecule has 0 amide bonds. The smallest absolute Gasteiger partial charge is 0.0243 e. The van der Waals surface area contributed by atoms with Gasteiger partial charge in [-0.25, -0.2) is 5.84 Å². The van der Waals surface area contributed by atoms with Crippen molar-refractivity contribution >= 4 is 11.8 Å². The molecular formula is H3ClN2O. The van der Waals surface area contributed by atoms with E-state index in [1.54, 1.807) is 0 Å². The van der Waals surface area contributed by atoms with Gasteiger partial charge >= 0.3 is 0 Å². The predicted molar refractivity (Wildman–Crippen MR) is 13.7 cm³/mol. The van der Waals surface area contributed by atoms with Crippen molar-refractivity contribution in [2.75, 3.05) is 0 Å². The molecule has 0 rings (SSSR count). The van der Waals surface area contributed by atoms with Crippen LogP contribution in [0.3, 0.4) is 0 Å². The SMILES string of the molecule is NN(O)Cl. The molecule has 0 aliphatic carbocycles. The number of nitrogens with zero attached hydrogens (tertiary/aromatic N) is 1. The fourth-order valence-electron chi connectivity index (χ4n) is 0. The van der Waals surface area contributed by atoms with Crippen LogP contribution in [0, 0.1) is 0 Å². The van der Waals surface area contributed by atoms with Gasteiger partial charge in [-0.3, -0.25) is 5.21 Å². The first-order chi connectivity index (χ1) is 1.73. The number of halogens is 1. The molecule has 0 heterocycles. The van der Waals surface area contributed by atoms with Crippen LogP contribution in [0.25, 0.3) is 0 Å². The van der Waals surface area contributed by atoms with Crippen molar-refractivity contribution in [1.82, 2.24) is 4.69 Å². The van der Waals surface area contributed by atoms with E-state index in [-0.39, 0.29) is 4.69 Å². The maximum absolute atomic E-state index is 7.43. The first kappa shape index (κ1) is 4.17. The largest absolute Gasteiger partial charge is 0.285 e. The summed E-state index contributed by atoms with van der Waals surface area (Å²) in [7, 11) is 0. The molecule has 4 heavy (non-hydrogen) atoms. The van der Waals surface area contributed by atoms with Gasteiger partial charge in [-0.15, -0.1) is 0 Å². The highest BCUT2D eigenvalue weighted by molar-refractivity contribution is 6.11. The van der Waals surface area contributed by atoms with Crippen LogP contribution in [-0.4, -0.2) is 9.90 Å². The molecule has 3 nitrogen and oxygen atoms in total. The van der Waals surface area contributed by atoms with E-state index < -0.39 is 0 Å². The molecule has 0 spiro atoms. The van der Waals surface area contributed by atoms with Crippen LogP contribution in [0.4, 0.5) is 0 Å². The standard InChI is InChI=1S/ClH3N2O/c1-3(2)4/h4H,2H2. The highest BCUT2D eigenvalue weighted by Gasteiger charge is 1.64. The zero-order valence-corrected chi connectivity index (χ0v) is 2.61. The van der Waals surface area contributed by atoms with Gasteiger partial charge in [0.2, 0.25) is 0 Å². The van der Waals surface area contributed by atoms with E-state index in [9.17, 15) is 0 Å². The molecule has 0 unspecified atom stereocenters. The van der Waals surface area contributed by atoms with Gasteiger partial charge in [0.05, 0.1) is 0 Å². The molecule has 0 bridgehead atoms. The normalized spacial score (nSPS) is 9.00. The summed E-state index contributed by atoms with van der Waals surface area (Å²) < 4.78 is -0.0278. The molecule has 4 heteroatoms. The second-order valence-corrected chi connectivity index (χ2v) is 0.635. The molecule has 0 fully saturated rings. The Bertz CT molecular complexity index is 10.8. The number of hydrogen-bond donors (Lipinski definition) is 2. The lowest BCUT2D eigenvalue weighted by atomic mass is 12.8. The van der Waals surface area contributed by atoms with E-state index in [4.69, 9.17) is 5.21 Å². The van der Waals surface area contributed by atoms with E-state index in [1.165, 1.54) is 0 Å². The predicted octanol–water partition coefficient (Wildman–Crippen LogP) is -0.295. The van der Waals surface area contributed by atoms with Crippen LogP contribution >= 0.6 is 11.8 Å². The van der Waals surface area contributed by atoms with E-state index in [0.29, 0.717) is 0 Å². The quantitative estimate of drug-likeness (QED) is 0.240. The van der Waals surface area contributed by atoms with Gasteiger partial charge in [-0.1, -0.05) is 0 Å². The van der Waals surface area contributed by atoms with Crippen molar-refractivity contribution < 1.29 is 5.21 Å². The van der Waals surface area contributed by atoms with E-state index in [0.717, 1.165) is 0 Å². The van der Waals surface area contributed by atoms with Crippen LogP contribution in [0.1, 0.15) is 0 Å². The molecule has 0 aromatic rings. The lowest BCUT2D eigenvalue weighted by Crippen LogP contribution is -2.12. The van der Waals surface area contributed by atoms with Crippen molar-refractivity contribution in [3.05, 3.63) is 0 Å². The van der Waals surface area contributed by atoms with E-state index in [1.807, 2.05) is 0 Å². The summed E-state index contributed by atoms with van der Waals surface area (Å²) in [6.45, 7) is 0. The molecular weight excluding hydrogens is 79.5 g/mol. The van der Waals surface area contributed by atoms with Crippen molar-refractivity contribution in [3.63, 3.8) is 0 Å². The number of hydrogen-bond acceptors (Lipinski definition) is 3. The summed E-state index contributed by atoms with van der Waals surface area (Å²) in [6, 6.07) is 0. The van der Waals surface area contributed by atoms with Gasteiger partial charge < -0.3 is 0 Å². The zero-order chi connectivity index (χ0) is 3.58. The maximum Gasteiger partial charge on any atom is 0.0243 e. The molecule has 0 radical (unpaired) electrons. The third-order valence-electron chi connectivity index (χ3n) is 0. The summed E-state index contributed by atoms with van der Waals surface area (Å²) in [5.41, 5.74) is 0. The van der Waals surface area contributed by atoms with E-state index >= 15 is 0 Å². The van der Waals surface area contributed by atoms with Gasteiger partial charge in [0.15, 0.2) is 0 Å². The van der Waals surface area contributed by atoms with Crippen LogP contribution < -0.4 is 5.84 Å². The highest BCUT2D eigenvalue weighted by Crippen LogP contribution is 1.64. The van der Waals surface area contributed by atoms with Gasteiger partial charge in [-0.05, 0) is 4.69 Å². The Kier molecular flexibility index (Phi) is 1.55. The Labute approximate surface area is 28.6 Å². The van der Waals surface area contributed by atoms with Gasteiger partial charge in [0.25, 0.3) is 0 Å². The minimum atomic E-state index is -0.0278. The number of rotatable bonds is 0. The molecule has 0 aromatic carbocycles. The summed E-state index contributed by atoms with van der Waals surface area (Å²) >= 11 is 4.44. The molecule has 0 aliphatic rings. The van der Waals surface area contributed by atoms with Gasteiger partial charge in [-0.2, -0.15) is 0 Å². The van der Waals surface area contributed by atoms with Crippen LogP contribution in [0.15, 0.2) is 0 Å². The minimum absolute atomic E-state index is 0.0278. The Morgan fingerprint density at radius 1 is 2.00 bits per heavy atom. The Balaban J connectivity index is 2.32. The van der Waals surface area contributed by atoms with Gasteiger partial charge in [0.1, 0.15) is 0 Å². The van der Waals surface area contributed by atoms with Crippen LogP contribution in [0.2, 0.25) is 0 Å². The van der Waals surface area contributed by atoms with Crippen molar-refractivity contribution in [1.29, 1.82) is 0 Å². The first-order valence-corrected chi connectivity index (χ1v) is 0.965. The Morgan fingerprint density at radius 2 is 2.00 bits per heavy atom. The molecule has 3 N–H and O–H groups in total. The maximum atomic E-state index is 7.43. The van der Waals surface area contributed by atoms with Crippen LogP contribution in [-0.2, 0) is 0 Å². The monoisotopic (exact) mass is 82.0 g/mol. The van der Waals surface area contributed by atoms with Crippen molar-refractivity contribution in [3.8, 4) is 0 Å². The second kappa shape index (κ2) is 1.49.